The SMILES string of the molecule is OC(Cc1cc(F)cc(F)c1)c1cccc2ccsc12. The van der Waals surface area contributed by atoms with E-state index in [0.717, 1.165) is 21.7 Å². The van der Waals surface area contributed by atoms with Gasteiger partial charge in [-0.3, -0.25) is 0 Å². The molecule has 0 spiro atoms. The van der Waals surface area contributed by atoms with Crippen LogP contribution in [0.25, 0.3) is 10.1 Å². The lowest BCUT2D eigenvalue weighted by atomic mass is 10.0. The number of rotatable bonds is 3. The fourth-order valence-electron chi connectivity index (χ4n) is 2.34. The van der Waals surface area contributed by atoms with Crippen molar-refractivity contribution in [1.29, 1.82) is 0 Å². The summed E-state index contributed by atoms with van der Waals surface area (Å²) >= 11 is 1.55. The third-order valence-corrected chi connectivity index (χ3v) is 4.20. The van der Waals surface area contributed by atoms with Gasteiger partial charge in [0.15, 0.2) is 0 Å². The second kappa shape index (κ2) is 5.31. The van der Waals surface area contributed by atoms with E-state index in [9.17, 15) is 13.9 Å². The molecule has 2 aromatic carbocycles. The number of aliphatic hydroxyl groups is 1. The van der Waals surface area contributed by atoms with Crippen molar-refractivity contribution in [3.63, 3.8) is 0 Å². The number of hydrogen-bond acceptors (Lipinski definition) is 2. The van der Waals surface area contributed by atoms with Crippen molar-refractivity contribution in [3.05, 3.63) is 70.6 Å². The highest BCUT2D eigenvalue weighted by Crippen LogP contribution is 2.30. The van der Waals surface area contributed by atoms with E-state index in [1.165, 1.54) is 12.1 Å². The molecule has 1 atom stereocenters. The quantitative estimate of drug-likeness (QED) is 0.755. The largest absolute Gasteiger partial charge is 0.388 e. The second-order valence-electron chi connectivity index (χ2n) is 4.68. The molecular weight excluding hydrogens is 278 g/mol. The summed E-state index contributed by atoms with van der Waals surface area (Å²) < 4.78 is 27.3. The lowest BCUT2D eigenvalue weighted by Gasteiger charge is -2.12. The first-order valence-corrected chi connectivity index (χ1v) is 7.10. The van der Waals surface area contributed by atoms with Crippen LogP contribution in [0.4, 0.5) is 8.78 Å². The molecule has 1 unspecified atom stereocenters. The molecular formula is C16H12F2OS. The van der Waals surface area contributed by atoms with Crippen LogP contribution < -0.4 is 0 Å². The smallest absolute Gasteiger partial charge is 0.126 e. The Labute approximate surface area is 119 Å². The zero-order valence-electron chi connectivity index (χ0n) is 10.5. The van der Waals surface area contributed by atoms with Crippen LogP contribution in [-0.2, 0) is 6.42 Å². The van der Waals surface area contributed by atoms with Gasteiger partial charge in [-0.2, -0.15) is 0 Å². The lowest BCUT2D eigenvalue weighted by molar-refractivity contribution is 0.180. The number of aliphatic hydroxyl groups excluding tert-OH is 1. The van der Waals surface area contributed by atoms with E-state index >= 15 is 0 Å². The number of thiophene rings is 1. The van der Waals surface area contributed by atoms with Crippen molar-refractivity contribution in [1.82, 2.24) is 0 Å². The van der Waals surface area contributed by atoms with Gasteiger partial charge >= 0.3 is 0 Å². The van der Waals surface area contributed by atoms with E-state index in [1.54, 1.807) is 11.3 Å². The first-order chi connectivity index (χ1) is 9.63. The molecule has 1 nitrogen and oxygen atoms in total. The molecule has 1 aromatic heterocycles. The first kappa shape index (κ1) is 13.2. The molecule has 4 heteroatoms. The highest BCUT2D eigenvalue weighted by atomic mass is 32.1. The van der Waals surface area contributed by atoms with Gasteiger partial charge < -0.3 is 5.11 Å². The average Bonchev–Trinajstić information content (AvgIpc) is 2.85. The Balaban J connectivity index is 1.92. The van der Waals surface area contributed by atoms with Crippen LogP contribution in [0.1, 0.15) is 17.2 Å². The maximum atomic E-state index is 13.2. The fraction of sp³-hybridized carbons (Fsp3) is 0.125. The summed E-state index contributed by atoms with van der Waals surface area (Å²) in [6, 6.07) is 11.0. The van der Waals surface area contributed by atoms with E-state index in [4.69, 9.17) is 0 Å². The maximum Gasteiger partial charge on any atom is 0.126 e. The lowest BCUT2D eigenvalue weighted by Crippen LogP contribution is -2.02. The molecule has 20 heavy (non-hydrogen) atoms. The Kier molecular flexibility index (Phi) is 3.51. The summed E-state index contributed by atoms with van der Waals surface area (Å²) in [5.74, 6) is -1.25. The zero-order chi connectivity index (χ0) is 14.1. The summed E-state index contributed by atoms with van der Waals surface area (Å²) in [5, 5.41) is 13.4. The topological polar surface area (TPSA) is 20.2 Å². The zero-order valence-corrected chi connectivity index (χ0v) is 11.3. The minimum atomic E-state index is -0.779. The Morgan fingerprint density at radius 2 is 1.80 bits per heavy atom. The van der Waals surface area contributed by atoms with Crippen molar-refractivity contribution in [2.45, 2.75) is 12.5 Å². The van der Waals surface area contributed by atoms with Gasteiger partial charge in [-0.25, -0.2) is 8.78 Å². The molecule has 1 heterocycles. The predicted molar refractivity (Wildman–Crippen MR) is 76.8 cm³/mol. The van der Waals surface area contributed by atoms with Gasteiger partial charge in [0.2, 0.25) is 0 Å². The summed E-state index contributed by atoms with van der Waals surface area (Å²) in [6.45, 7) is 0. The van der Waals surface area contributed by atoms with Gasteiger partial charge in [0.05, 0.1) is 6.10 Å². The molecule has 0 aliphatic heterocycles. The summed E-state index contributed by atoms with van der Waals surface area (Å²) in [5.41, 5.74) is 1.24. The van der Waals surface area contributed by atoms with Crippen LogP contribution in [0.5, 0.6) is 0 Å². The number of hydrogen-bond donors (Lipinski definition) is 1. The molecule has 0 aliphatic carbocycles. The molecule has 0 saturated heterocycles. The number of fused-ring (bicyclic) bond motifs is 1. The number of benzene rings is 2. The van der Waals surface area contributed by atoms with E-state index in [0.29, 0.717) is 5.56 Å². The van der Waals surface area contributed by atoms with Crippen molar-refractivity contribution in [2.24, 2.45) is 0 Å². The molecule has 0 fully saturated rings. The van der Waals surface area contributed by atoms with E-state index in [1.807, 2.05) is 29.6 Å². The van der Waals surface area contributed by atoms with Gasteiger partial charge in [-0.15, -0.1) is 11.3 Å². The molecule has 0 aliphatic rings. The van der Waals surface area contributed by atoms with Crippen molar-refractivity contribution < 1.29 is 13.9 Å². The van der Waals surface area contributed by atoms with Crippen LogP contribution in [0.2, 0.25) is 0 Å². The van der Waals surface area contributed by atoms with Crippen LogP contribution in [0.3, 0.4) is 0 Å². The van der Waals surface area contributed by atoms with Gasteiger partial charge in [-0.05, 0) is 40.1 Å². The fourth-order valence-corrected chi connectivity index (χ4v) is 3.30. The van der Waals surface area contributed by atoms with Gasteiger partial charge in [0.1, 0.15) is 11.6 Å². The van der Waals surface area contributed by atoms with Gasteiger partial charge in [-0.1, -0.05) is 18.2 Å². The van der Waals surface area contributed by atoms with Gasteiger partial charge in [0, 0.05) is 17.2 Å². The Morgan fingerprint density at radius 3 is 2.55 bits per heavy atom. The predicted octanol–water partition coefficient (Wildman–Crippen LogP) is 4.46. The Bertz CT molecular complexity index is 731. The molecule has 0 amide bonds. The normalized spacial score (nSPS) is 12.8. The molecule has 3 rings (SSSR count). The molecule has 3 aromatic rings. The van der Waals surface area contributed by atoms with Crippen molar-refractivity contribution >= 4 is 21.4 Å². The minimum absolute atomic E-state index is 0.186. The number of halogens is 2. The molecule has 102 valence electrons. The minimum Gasteiger partial charge on any atom is -0.388 e. The van der Waals surface area contributed by atoms with Gasteiger partial charge in [0.25, 0.3) is 0 Å². The van der Waals surface area contributed by atoms with E-state index in [2.05, 4.69) is 0 Å². The standard InChI is InChI=1S/C16H12F2OS/c17-12-6-10(7-13(18)9-12)8-15(19)14-3-1-2-11-4-5-20-16(11)14/h1-7,9,15,19H,8H2. The third-order valence-electron chi connectivity index (χ3n) is 3.22. The third kappa shape index (κ3) is 2.57. The Hall–Kier alpha value is -1.78. The maximum absolute atomic E-state index is 13.2. The monoisotopic (exact) mass is 290 g/mol. The van der Waals surface area contributed by atoms with E-state index < -0.39 is 17.7 Å². The summed E-state index contributed by atoms with van der Waals surface area (Å²) in [7, 11) is 0. The molecule has 1 N–H and O–H groups in total. The Morgan fingerprint density at radius 1 is 1.05 bits per heavy atom. The first-order valence-electron chi connectivity index (χ1n) is 6.22. The summed E-state index contributed by atoms with van der Waals surface area (Å²) in [4.78, 5) is 0. The summed E-state index contributed by atoms with van der Waals surface area (Å²) in [6.07, 6.45) is -0.593. The van der Waals surface area contributed by atoms with Crippen LogP contribution in [0, 0.1) is 11.6 Å². The highest BCUT2D eigenvalue weighted by Gasteiger charge is 2.14. The van der Waals surface area contributed by atoms with Crippen LogP contribution >= 0.6 is 11.3 Å². The van der Waals surface area contributed by atoms with Crippen LogP contribution in [0.15, 0.2) is 47.8 Å². The van der Waals surface area contributed by atoms with E-state index in [-0.39, 0.29) is 6.42 Å². The molecule has 0 radical (unpaired) electrons. The average molecular weight is 290 g/mol. The van der Waals surface area contributed by atoms with Crippen molar-refractivity contribution in [3.8, 4) is 0 Å². The molecule has 0 saturated carbocycles. The van der Waals surface area contributed by atoms with Crippen molar-refractivity contribution in [2.75, 3.05) is 0 Å². The second-order valence-corrected chi connectivity index (χ2v) is 5.60. The van der Waals surface area contributed by atoms with Crippen LogP contribution in [-0.4, -0.2) is 5.11 Å². The molecule has 0 bridgehead atoms. The highest BCUT2D eigenvalue weighted by molar-refractivity contribution is 7.17.